The van der Waals surface area contributed by atoms with Crippen LogP contribution in [0.3, 0.4) is 0 Å². The Balaban J connectivity index is 2.13. The summed E-state index contributed by atoms with van der Waals surface area (Å²) in [6.45, 7) is 0.737. The molecule has 5 nitrogen and oxygen atoms in total. The minimum absolute atomic E-state index is 0.204. The lowest BCUT2D eigenvalue weighted by Crippen LogP contribution is -2.17. The number of rotatable bonds is 2. The van der Waals surface area contributed by atoms with Crippen LogP contribution in [0.15, 0.2) is 34.8 Å². The van der Waals surface area contributed by atoms with Gasteiger partial charge in [-0.3, -0.25) is 9.79 Å². The fourth-order valence-corrected chi connectivity index (χ4v) is 1.55. The number of hydrogen-bond acceptors (Lipinski definition) is 4. The number of carbonyl (C=O) groups excluding carboxylic acids is 1. The first-order chi connectivity index (χ1) is 8.16. The zero-order valence-corrected chi connectivity index (χ0v) is 9.31. The Morgan fingerprint density at radius 3 is 2.82 bits per heavy atom. The molecule has 1 aliphatic rings. The largest absolute Gasteiger partial charge is 0.399 e. The Morgan fingerprint density at radius 1 is 1.35 bits per heavy atom. The Bertz CT molecular complexity index is 505. The highest BCUT2D eigenvalue weighted by atomic mass is 16.1. The van der Waals surface area contributed by atoms with Gasteiger partial charge in [-0.2, -0.15) is 0 Å². The van der Waals surface area contributed by atoms with Crippen LogP contribution in [0.4, 0.5) is 17.1 Å². The second-order valence-corrected chi connectivity index (χ2v) is 3.78. The number of dihydropyridines is 1. The van der Waals surface area contributed by atoms with Gasteiger partial charge in [0, 0.05) is 18.4 Å². The Morgan fingerprint density at radius 2 is 2.18 bits per heavy atom. The molecule has 0 spiro atoms. The van der Waals surface area contributed by atoms with E-state index in [-0.39, 0.29) is 5.91 Å². The van der Waals surface area contributed by atoms with Crippen LogP contribution in [0.5, 0.6) is 0 Å². The lowest BCUT2D eigenvalue weighted by molar-refractivity contribution is -0.112. The molecule has 0 fully saturated rings. The number of nitrogen functional groups attached to an aromatic ring is 2. The molecule has 17 heavy (non-hydrogen) atoms. The summed E-state index contributed by atoms with van der Waals surface area (Å²) in [5, 5.41) is 2.73. The Hall–Kier alpha value is -2.30. The molecule has 1 aliphatic heterocycles. The summed E-state index contributed by atoms with van der Waals surface area (Å²) >= 11 is 0. The third-order valence-electron chi connectivity index (χ3n) is 2.44. The average molecular weight is 230 g/mol. The number of nitrogens with one attached hydrogen (secondary N) is 1. The molecule has 0 aromatic heterocycles. The molecule has 2 rings (SSSR count). The topological polar surface area (TPSA) is 93.5 Å². The van der Waals surface area contributed by atoms with Crippen molar-refractivity contribution in [3.8, 4) is 0 Å². The van der Waals surface area contributed by atoms with Crippen molar-refractivity contribution < 1.29 is 4.79 Å². The number of nitrogens with two attached hydrogens (primary N) is 2. The van der Waals surface area contributed by atoms with Gasteiger partial charge in [-0.05, 0) is 24.6 Å². The van der Waals surface area contributed by atoms with Crippen molar-refractivity contribution in [1.29, 1.82) is 0 Å². The molecule has 5 heteroatoms. The molecule has 0 radical (unpaired) electrons. The lowest BCUT2D eigenvalue weighted by atomic mass is 10.1. The van der Waals surface area contributed by atoms with Gasteiger partial charge in [0.2, 0.25) is 0 Å². The van der Waals surface area contributed by atoms with Crippen LogP contribution < -0.4 is 16.8 Å². The summed E-state index contributed by atoms with van der Waals surface area (Å²) in [6.07, 6.45) is 4.22. The van der Waals surface area contributed by atoms with Gasteiger partial charge in [-0.1, -0.05) is 6.08 Å². The van der Waals surface area contributed by atoms with E-state index in [0.29, 0.717) is 22.6 Å². The fourth-order valence-electron chi connectivity index (χ4n) is 1.55. The van der Waals surface area contributed by atoms with Gasteiger partial charge < -0.3 is 16.8 Å². The molecule has 1 amide bonds. The van der Waals surface area contributed by atoms with E-state index in [1.807, 2.05) is 6.08 Å². The van der Waals surface area contributed by atoms with Crippen LogP contribution in [-0.2, 0) is 4.79 Å². The molecule has 0 atom stereocenters. The molecule has 1 heterocycles. The van der Waals surface area contributed by atoms with Gasteiger partial charge in [-0.25, -0.2) is 0 Å². The molecule has 0 saturated carbocycles. The number of aliphatic imine (C=N–C) groups is 1. The SMILES string of the molecule is Nc1ccc(NC(=O)C2=CCCN=C2)c(N)c1. The highest BCUT2D eigenvalue weighted by Gasteiger charge is 2.10. The van der Waals surface area contributed by atoms with E-state index in [4.69, 9.17) is 11.5 Å². The van der Waals surface area contributed by atoms with E-state index in [1.54, 1.807) is 24.4 Å². The number of carbonyl (C=O) groups is 1. The quantitative estimate of drug-likeness (QED) is 0.666. The number of benzene rings is 1. The first kappa shape index (κ1) is 11.2. The highest BCUT2D eigenvalue weighted by molar-refractivity contribution is 6.18. The summed E-state index contributed by atoms with van der Waals surface area (Å²) in [4.78, 5) is 15.9. The monoisotopic (exact) mass is 230 g/mol. The molecule has 5 N–H and O–H groups in total. The molecule has 0 aliphatic carbocycles. The average Bonchev–Trinajstić information content (AvgIpc) is 2.34. The van der Waals surface area contributed by atoms with E-state index in [9.17, 15) is 4.79 Å². The van der Waals surface area contributed by atoms with E-state index in [0.717, 1.165) is 13.0 Å². The molecule has 1 aromatic rings. The van der Waals surface area contributed by atoms with Crippen molar-refractivity contribution in [2.45, 2.75) is 6.42 Å². The number of hydrogen-bond donors (Lipinski definition) is 3. The van der Waals surface area contributed by atoms with Crippen molar-refractivity contribution in [3.63, 3.8) is 0 Å². The van der Waals surface area contributed by atoms with E-state index >= 15 is 0 Å². The summed E-state index contributed by atoms with van der Waals surface area (Å²) in [7, 11) is 0. The number of nitrogens with zero attached hydrogens (tertiary/aromatic N) is 1. The van der Waals surface area contributed by atoms with Crippen molar-refractivity contribution in [1.82, 2.24) is 0 Å². The van der Waals surface area contributed by atoms with Gasteiger partial charge in [-0.15, -0.1) is 0 Å². The van der Waals surface area contributed by atoms with E-state index < -0.39 is 0 Å². The second kappa shape index (κ2) is 4.69. The molecule has 0 bridgehead atoms. The minimum atomic E-state index is -0.204. The number of amides is 1. The summed E-state index contributed by atoms with van der Waals surface area (Å²) < 4.78 is 0. The molecular formula is C12H14N4O. The number of anilines is 3. The van der Waals surface area contributed by atoms with Crippen LogP contribution in [0, 0.1) is 0 Å². The smallest absolute Gasteiger partial charge is 0.256 e. The zero-order valence-electron chi connectivity index (χ0n) is 9.31. The highest BCUT2D eigenvalue weighted by Crippen LogP contribution is 2.21. The van der Waals surface area contributed by atoms with Gasteiger partial charge >= 0.3 is 0 Å². The third-order valence-corrected chi connectivity index (χ3v) is 2.44. The first-order valence-electron chi connectivity index (χ1n) is 5.33. The Labute approximate surface area is 99.2 Å². The molecule has 0 unspecified atom stereocenters. The summed E-state index contributed by atoms with van der Waals surface area (Å²) in [6, 6.07) is 4.98. The predicted octanol–water partition coefficient (Wildman–Crippen LogP) is 1.19. The van der Waals surface area contributed by atoms with Gasteiger partial charge in [0.05, 0.1) is 16.9 Å². The van der Waals surface area contributed by atoms with Crippen LogP contribution >= 0.6 is 0 Å². The van der Waals surface area contributed by atoms with Crippen LogP contribution in [0.2, 0.25) is 0 Å². The molecule has 1 aromatic carbocycles. The minimum Gasteiger partial charge on any atom is -0.399 e. The molecule has 88 valence electrons. The normalized spacial score (nSPS) is 14.2. The van der Waals surface area contributed by atoms with Crippen molar-refractivity contribution >= 4 is 29.2 Å². The van der Waals surface area contributed by atoms with Crippen LogP contribution in [0.25, 0.3) is 0 Å². The van der Waals surface area contributed by atoms with Crippen LogP contribution in [-0.4, -0.2) is 18.7 Å². The van der Waals surface area contributed by atoms with E-state index in [1.165, 1.54) is 0 Å². The molecular weight excluding hydrogens is 216 g/mol. The third kappa shape index (κ3) is 2.63. The maximum atomic E-state index is 11.8. The predicted molar refractivity (Wildman–Crippen MR) is 70.0 cm³/mol. The van der Waals surface area contributed by atoms with Gasteiger partial charge in [0.25, 0.3) is 5.91 Å². The second-order valence-electron chi connectivity index (χ2n) is 3.78. The van der Waals surface area contributed by atoms with Crippen molar-refractivity contribution in [2.75, 3.05) is 23.3 Å². The maximum absolute atomic E-state index is 11.8. The first-order valence-corrected chi connectivity index (χ1v) is 5.33. The fraction of sp³-hybridized carbons (Fsp3) is 0.167. The van der Waals surface area contributed by atoms with Crippen LogP contribution in [0.1, 0.15) is 6.42 Å². The lowest BCUT2D eigenvalue weighted by Gasteiger charge is -2.10. The summed E-state index contributed by atoms with van der Waals surface area (Å²) in [5.41, 5.74) is 13.5. The summed E-state index contributed by atoms with van der Waals surface area (Å²) in [5.74, 6) is -0.204. The van der Waals surface area contributed by atoms with Crippen molar-refractivity contribution in [2.24, 2.45) is 4.99 Å². The van der Waals surface area contributed by atoms with Gasteiger partial charge in [0.15, 0.2) is 0 Å². The molecule has 0 saturated heterocycles. The standard InChI is InChI=1S/C12H14N4O/c13-9-3-4-11(10(14)6-9)16-12(17)8-2-1-5-15-7-8/h2-4,6-7H,1,5,13-14H2,(H,16,17). The van der Waals surface area contributed by atoms with Gasteiger partial charge in [0.1, 0.15) is 0 Å². The van der Waals surface area contributed by atoms with E-state index in [2.05, 4.69) is 10.3 Å². The Kier molecular flexibility index (Phi) is 3.09. The maximum Gasteiger partial charge on any atom is 0.256 e. The zero-order chi connectivity index (χ0) is 12.3. The van der Waals surface area contributed by atoms with Crippen molar-refractivity contribution in [3.05, 3.63) is 29.8 Å².